The van der Waals surface area contributed by atoms with Crippen LogP contribution in [-0.4, -0.2) is 56.6 Å². The summed E-state index contributed by atoms with van der Waals surface area (Å²) < 4.78 is 39.7. The van der Waals surface area contributed by atoms with Crippen LogP contribution < -0.4 is 9.62 Å². The molecule has 2 aromatic carbocycles. The number of sulfonamides is 1. The lowest BCUT2D eigenvalue weighted by Crippen LogP contribution is -2.53. The molecule has 1 fully saturated rings. The van der Waals surface area contributed by atoms with Gasteiger partial charge in [-0.25, -0.2) is 12.8 Å². The van der Waals surface area contributed by atoms with Gasteiger partial charge in [0.1, 0.15) is 18.4 Å². The van der Waals surface area contributed by atoms with E-state index in [1.165, 1.54) is 17.0 Å². The number of halogens is 2. The molecule has 0 unspecified atom stereocenters. The van der Waals surface area contributed by atoms with Crippen LogP contribution in [0.5, 0.6) is 0 Å². The third-order valence-corrected chi connectivity index (χ3v) is 7.90. The largest absolute Gasteiger partial charge is 0.352 e. The summed E-state index contributed by atoms with van der Waals surface area (Å²) in [6.07, 6.45) is 6.53. The highest BCUT2D eigenvalue weighted by atomic mass is 35.5. The van der Waals surface area contributed by atoms with Crippen molar-refractivity contribution in [3.63, 3.8) is 0 Å². The summed E-state index contributed by atoms with van der Waals surface area (Å²) in [7, 11) is -3.91. The van der Waals surface area contributed by atoms with Gasteiger partial charge in [0.15, 0.2) is 0 Å². The lowest BCUT2D eigenvalue weighted by atomic mass is 9.95. The maximum Gasteiger partial charge on any atom is 0.244 e. The summed E-state index contributed by atoms with van der Waals surface area (Å²) in [4.78, 5) is 28.0. The minimum absolute atomic E-state index is 0.0690. The Labute approximate surface area is 217 Å². The van der Waals surface area contributed by atoms with Crippen LogP contribution in [0.2, 0.25) is 5.02 Å². The van der Waals surface area contributed by atoms with Gasteiger partial charge in [-0.1, -0.05) is 61.2 Å². The van der Waals surface area contributed by atoms with Crippen LogP contribution >= 0.6 is 11.6 Å². The lowest BCUT2D eigenvalue weighted by molar-refractivity contribution is -0.139. The van der Waals surface area contributed by atoms with Gasteiger partial charge in [0, 0.05) is 12.6 Å². The maximum atomic E-state index is 13.7. The van der Waals surface area contributed by atoms with Crippen LogP contribution in [0.25, 0.3) is 0 Å². The van der Waals surface area contributed by atoms with E-state index in [1.54, 1.807) is 6.92 Å². The molecule has 2 amide bonds. The second-order valence-electron chi connectivity index (χ2n) is 9.21. The molecule has 1 saturated carbocycles. The summed E-state index contributed by atoms with van der Waals surface area (Å²) in [6.45, 7) is 1.33. The number of amides is 2. The van der Waals surface area contributed by atoms with E-state index in [0.717, 1.165) is 54.3 Å². The fraction of sp³-hybridized carbons (Fsp3) is 0.462. The highest BCUT2D eigenvalue weighted by Gasteiger charge is 2.31. The Kier molecular flexibility index (Phi) is 9.73. The number of nitrogens with zero attached hydrogens (tertiary/aromatic N) is 2. The molecule has 0 radical (unpaired) electrons. The maximum absolute atomic E-state index is 13.7. The van der Waals surface area contributed by atoms with E-state index in [2.05, 4.69) is 5.32 Å². The molecule has 0 saturated heterocycles. The summed E-state index contributed by atoms with van der Waals surface area (Å²) in [5.41, 5.74) is 1.06. The molecule has 1 N–H and O–H groups in total. The first-order valence-electron chi connectivity index (χ1n) is 12.1. The lowest BCUT2D eigenvalue weighted by Gasteiger charge is -2.33. The third kappa shape index (κ3) is 7.67. The first-order valence-corrected chi connectivity index (χ1v) is 14.4. The number of nitrogens with one attached hydrogen (secondary N) is 1. The Morgan fingerprint density at radius 3 is 2.39 bits per heavy atom. The van der Waals surface area contributed by atoms with Crippen molar-refractivity contribution in [3.05, 3.63) is 64.9 Å². The smallest absolute Gasteiger partial charge is 0.244 e. The first kappa shape index (κ1) is 27.9. The number of hydrogen-bond acceptors (Lipinski definition) is 4. The number of rotatable bonds is 10. The summed E-state index contributed by atoms with van der Waals surface area (Å²) in [5.74, 6) is -1.50. The molecule has 2 aromatic rings. The van der Waals surface area contributed by atoms with E-state index in [1.807, 2.05) is 30.3 Å². The minimum atomic E-state index is -3.91. The molecule has 7 nitrogen and oxygen atoms in total. The molecular weight excluding hydrogens is 505 g/mol. The van der Waals surface area contributed by atoms with Gasteiger partial charge in [0.2, 0.25) is 21.8 Å². The Morgan fingerprint density at radius 1 is 1.11 bits per heavy atom. The average molecular weight is 538 g/mol. The van der Waals surface area contributed by atoms with Gasteiger partial charge < -0.3 is 10.2 Å². The van der Waals surface area contributed by atoms with Gasteiger partial charge in [0.25, 0.3) is 0 Å². The van der Waals surface area contributed by atoms with Crippen molar-refractivity contribution in [2.45, 2.75) is 57.5 Å². The molecule has 0 spiro atoms. The van der Waals surface area contributed by atoms with E-state index in [9.17, 15) is 22.4 Å². The average Bonchev–Trinajstić information content (AvgIpc) is 2.85. The zero-order valence-electron chi connectivity index (χ0n) is 20.6. The molecular formula is C26H33ClFN3O4S. The van der Waals surface area contributed by atoms with E-state index < -0.39 is 34.3 Å². The number of anilines is 1. The zero-order chi connectivity index (χ0) is 26.3. The molecule has 36 heavy (non-hydrogen) atoms. The van der Waals surface area contributed by atoms with Crippen molar-refractivity contribution in [2.24, 2.45) is 0 Å². The standard InChI is InChI=1S/C26H33ClFN3O4S/c1-19(26(33)29-21-11-7-4-8-12-21)30(16-15-20-9-5-3-6-10-20)25(32)18-31(36(2,34)35)22-13-14-24(28)23(27)17-22/h3,5-6,9-10,13-14,17,19,21H,4,7-8,11-12,15-16,18H2,1-2H3,(H,29,33)/t19-/m0/s1. The Balaban J connectivity index is 1.82. The van der Waals surface area contributed by atoms with Crippen LogP contribution in [0, 0.1) is 5.82 Å². The zero-order valence-corrected chi connectivity index (χ0v) is 22.2. The Morgan fingerprint density at radius 2 is 1.78 bits per heavy atom. The minimum Gasteiger partial charge on any atom is -0.352 e. The number of benzene rings is 2. The highest BCUT2D eigenvalue weighted by molar-refractivity contribution is 7.92. The fourth-order valence-corrected chi connectivity index (χ4v) is 5.41. The van der Waals surface area contributed by atoms with Gasteiger partial charge in [-0.3, -0.25) is 13.9 Å². The predicted molar refractivity (Wildman–Crippen MR) is 140 cm³/mol. The van der Waals surface area contributed by atoms with Gasteiger partial charge >= 0.3 is 0 Å². The SMILES string of the molecule is C[C@@H](C(=O)NC1CCCCC1)N(CCc1ccccc1)C(=O)CN(c1ccc(F)c(Cl)c1)S(C)(=O)=O. The second-order valence-corrected chi connectivity index (χ2v) is 11.5. The van der Waals surface area contributed by atoms with E-state index in [4.69, 9.17) is 11.6 Å². The normalized spacial score (nSPS) is 15.2. The van der Waals surface area contributed by atoms with Crippen LogP contribution in [0.15, 0.2) is 48.5 Å². The molecule has 1 aliphatic rings. The van der Waals surface area contributed by atoms with Crippen molar-refractivity contribution in [3.8, 4) is 0 Å². The van der Waals surface area contributed by atoms with Crippen LogP contribution in [-0.2, 0) is 26.0 Å². The van der Waals surface area contributed by atoms with Gasteiger partial charge in [-0.15, -0.1) is 0 Å². The Bertz CT molecular complexity index is 1160. The molecule has 0 aliphatic heterocycles. The molecule has 10 heteroatoms. The summed E-state index contributed by atoms with van der Waals surface area (Å²) >= 11 is 5.86. The monoisotopic (exact) mass is 537 g/mol. The molecule has 0 heterocycles. The number of hydrogen-bond donors (Lipinski definition) is 1. The van der Waals surface area contributed by atoms with Crippen molar-refractivity contribution in [2.75, 3.05) is 23.7 Å². The van der Waals surface area contributed by atoms with E-state index in [0.29, 0.717) is 6.42 Å². The van der Waals surface area contributed by atoms with E-state index >= 15 is 0 Å². The van der Waals surface area contributed by atoms with E-state index in [-0.39, 0.29) is 29.2 Å². The number of carbonyl (C=O) groups excluding carboxylic acids is 2. The van der Waals surface area contributed by atoms with Crippen molar-refractivity contribution in [1.29, 1.82) is 0 Å². The van der Waals surface area contributed by atoms with Crippen LogP contribution in [0.4, 0.5) is 10.1 Å². The summed E-state index contributed by atoms with van der Waals surface area (Å²) in [5, 5.41) is 2.80. The van der Waals surface area contributed by atoms with Crippen molar-refractivity contribution in [1.82, 2.24) is 10.2 Å². The second kappa shape index (κ2) is 12.5. The first-order chi connectivity index (χ1) is 17.1. The molecule has 1 aliphatic carbocycles. The molecule has 196 valence electrons. The summed E-state index contributed by atoms with van der Waals surface area (Å²) in [6, 6.07) is 12.3. The van der Waals surface area contributed by atoms with Crippen LogP contribution in [0.1, 0.15) is 44.6 Å². The van der Waals surface area contributed by atoms with Crippen molar-refractivity contribution < 1.29 is 22.4 Å². The predicted octanol–water partition coefficient (Wildman–Crippen LogP) is 4.15. The molecule has 0 bridgehead atoms. The molecule has 0 aromatic heterocycles. The van der Waals surface area contributed by atoms with Gasteiger partial charge in [0.05, 0.1) is 17.0 Å². The van der Waals surface area contributed by atoms with Gasteiger partial charge in [-0.2, -0.15) is 0 Å². The third-order valence-electron chi connectivity index (χ3n) is 6.47. The quantitative estimate of drug-likeness (QED) is 0.493. The molecule has 1 atom stereocenters. The fourth-order valence-electron chi connectivity index (χ4n) is 4.39. The van der Waals surface area contributed by atoms with Crippen LogP contribution in [0.3, 0.4) is 0 Å². The topological polar surface area (TPSA) is 86.8 Å². The van der Waals surface area contributed by atoms with Crippen molar-refractivity contribution >= 4 is 39.1 Å². The highest BCUT2D eigenvalue weighted by Crippen LogP contribution is 2.25. The van der Waals surface area contributed by atoms with Gasteiger partial charge in [-0.05, 0) is 49.9 Å². The number of carbonyl (C=O) groups is 2. The Hall–Kier alpha value is -2.65. The molecule has 3 rings (SSSR count).